The molecule has 0 saturated heterocycles. The summed E-state index contributed by atoms with van der Waals surface area (Å²) in [6.45, 7) is 4.04. The molecule has 0 atom stereocenters. The molecule has 0 saturated carbocycles. The number of aryl methyl sites for hydroxylation is 2. The average Bonchev–Trinajstić information content (AvgIpc) is 2.85. The largest absolute Gasteiger partial charge is 0.488 e. The summed E-state index contributed by atoms with van der Waals surface area (Å²) < 4.78 is 52.5. The van der Waals surface area contributed by atoms with Crippen LogP contribution in [0.3, 0.4) is 0 Å². The Hall–Kier alpha value is -3.61. The van der Waals surface area contributed by atoms with E-state index in [0.29, 0.717) is 5.56 Å². The Balaban J connectivity index is 2.27. The zero-order chi connectivity index (χ0) is 25.6. The fourth-order valence-electron chi connectivity index (χ4n) is 3.86. The smallest absolute Gasteiger partial charge is 0.417 e. The maximum absolute atomic E-state index is 14.0. The van der Waals surface area contributed by atoms with Gasteiger partial charge in [-0.3, -0.25) is 4.79 Å². The van der Waals surface area contributed by atoms with Crippen LogP contribution in [-0.2, 0) is 28.7 Å². The van der Waals surface area contributed by atoms with E-state index in [1.165, 1.54) is 6.07 Å². The normalized spacial score (nSPS) is 11.3. The third-order valence-corrected chi connectivity index (χ3v) is 5.75. The van der Waals surface area contributed by atoms with Crippen LogP contribution in [0.4, 0.5) is 13.2 Å². The highest BCUT2D eigenvalue weighted by atomic mass is 19.4. The number of rotatable bonds is 9. The van der Waals surface area contributed by atoms with Gasteiger partial charge < -0.3 is 9.47 Å². The molecule has 0 heterocycles. The minimum atomic E-state index is -4.87. The molecule has 0 bridgehead atoms. The van der Waals surface area contributed by atoms with Gasteiger partial charge in [0, 0.05) is 5.56 Å². The molecule has 0 radical (unpaired) electrons. The van der Waals surface area contributed by atoms with E-state index >= 15 is 0 Å². The second kappa shape index (κ2) is 11.2. The van der Waals surface area contributed by atoms with Gasteiger partial charge >= 0.3 is 12.1 Å². The van der Waals surface area contributed by atoms with Crippen LogP contribution in [0.1, 0.15) is 52.4 Å². The molecular weight excluding hydrogens is 457 g/mol. The Bertz CT molecular complexity index is 1200. The number of hydrogen-bond acceptors (Lipinski definition) is 4. The summed E-state index contributed by atoms with van der Waals surface area (Å²) in [7, 11) is 0.956. The molecule has 184 valence electrons. The molecule has 0 aliphatic heterocycles. The number of carbonyl (C=O) groups excluding carboxylic acids is 2. The van der Waals surface area contributed by atoms with Crippen molar-refractivity contribution in [2.24, 2.45) is 0 Å². The van der Waals surface area contributed by atoms with Gasteiger partial charge in [0.05, 0.1) is 18.2 Å². The zero-order valence-electron chi connectivity index (χ0n) is 19.9. The SMILES string of the molecule is CCCCc1cc(-c2c(OCc3ccccc3)ccc(C(F)(F)F)c2C(=O)C(=O)OC)ccc1C. The molecule has 3 rings (SSSR count). The van der Waals surface area contributed by atoms with Gasteiger partial charge in [-0.2, -0.15) is 13.2 Å². The lowest BCUT2D eigenvalue weighted by Crippen LogP contribution is -2.22. The number of ether oxygens (including phenoxy) is 2. The van der Waals surface area contributed by atoms with Crippen molar-refractivity contribution in [2.45, 2.75) is 45.9 Å². The predicted octanol–water partition coefficient (Wildman–Crippen LogP) is 6.96. The number of carbonyl (C=O) groups is 2. The summed E-state index contributed by atoms with van der Waals surface area (Å²) in [6, 6.07) is 16.3. The van der Waals surface area contributed by atoms with E-state index in [1.807, 2.05) is 37.3 Å². The fourth-order valence-corrected chi connectivity index (χ4v) is 3.86. The highest BCUT2D eigenvalue weighted by Gasteiger charge is 2.39. The van der Waals surface area contributed by atoms with Gasteiger partial charge in [0.25, 0.3) is 5.78 Å². The molecule has 0 fully saturated rings. The van der Waals surface area contributed by atoms with E-state index in [1.54, 1.807) is 18.2 Å². The fraction of sp³-hybridized carbons (Fsp3) is 0.286. The first-order valence-corrected chi connectivity index (χ1v) is 11.3. The molecule has 35 heavy (non-hydrogen) atoms. The Kier molecular flexibility index (Phi) is 8.33. The lowest BCUT2D eigenvalue weighted by molar-refractivity contribution is -0.138. The second-order valence-electron chi connectivity index (χ2n) is 8.20. The van der Waals surface area contributed by atoms with Crippen molar-refractivity contribution in [1.29, 1.82) is 0 Å². The summed E-state index contributed by atoms with van der Waals surface area (Å²) in [5, 5.41) is 0. The first-order chi connectivity index (χ1) is 16.7. The number of unbranched alkanes of at least 4 members (excludes halogenated alkanes) is 1. The molecule has 0 amide bonds. The van der Waals surface area contributed by atoms with Gasteiger partial charge in [0.1, 0.15) is 12.4 Å². The standard InChI is InChI=1S/C28H27F3O4/c1-4-5-11-20-16-21(13-12-18(20)2)24-23(35-17-19-9-7-6-8-10-19)15-14-22(28(29,30)31)25(24)26(32)27(33)34-3/h6-10,12-16H,4-5,11,17H2,1-3H3. The minimum Gasteiger partial charge on any atom is -0.488 e. The number of benzene rings is 3. The summed E-state index contributed by atoms with van der Waals surface area (Å²) in [5.41, 5.74) is 1.03. The van der Waals surface area contributed by atoms with E-state index in [2.05, 4.69) is 11.7 Å². The number of methoxy groups -OCH3 is 1. The Morgan fingerprint density at radius 1 is 0.971 bits per heavy atom. The monoisotopic (exact) mass is 484 g/mol. The molecule has 0 aromatic heterocycles. The van der Waals surface area contributed by atoms with E-state index in [9.17, 15) is 22.8 Å². The van der Waals surface area contributed by atoms with Gasteiger partial charge in [-0.1, -0.05) is 61.9 Å². The minimum absolute atomic E-state index is 0.0689. The van der Waals surface area contributed by atoms with Crippen LogP contribution in [0.15, 0.2) is 60.7 Å². The topological polar surface area (TPSA) is 52.6 Å². The molecule has 4 nitrogen and oxygen atoms in total. The highest BCUT2D eigenvalue weighted by Crippen LogP contribution is 2.43. The molecule has 0 aliphatic carbocycles. The Morgan fingerprint density at radius 2 is 1.69 bits per heavy atom. The molecule has 3 aromatic carbocycles. The van der Waals surface area contributed by atoms with E-state index in [0.717, 1.165) is 49.1 Å². The first-order valence-electron chi connectivity index (χ1n) is 11.3. The van der Waals surface area contributed by atoms with Crippen LogP contribution in [-0.4, -0.2) is 18.9 Å². The Morgan fingerprint density at radius 3 is 2.31 bits per heavy atom. The second-order valence-corrected chi connectivity index (χ2v) is 8.20. The quantitative estimate of drug-likeness (QED) is 0.187. The van der Waals surface area contributed by atoms with E-state index < -0.39 is 29.1 Å². The molecule has 0 spiro atoms. The maximum atomic E-state index is 14.0. The lowest BCUT2D eigenvalue weighted by atomic mass is 9.89. The van der Waals surface area contributed by atoms with Crippen LogP contribution < -0.4 is 4.74 Å². The molecule has 0 N–H and O–H groups in total. The summed E-state index contributed by atoms with van der Waals surface area (Å²) in [4.78, 5) is 25.1. The lowest BCUT2D eigenvalue weighted by Gasteiger charge is -2.20. The van der Waals surface area contributed by atoms with Crippen molar-refractivity contribution >= 4 is 11.8 Å². The van der Waals surface area contributed by atoms with Gasteiger partial charge in [-0.15, -0.1) is 0 Å². The van der Waals surface area contributed by atoms with Crippen LogP contribution >= 0.6 is 0 Å². The van der Waals surface area contributed by atoms with Crippen molar-refractivity contribution in [3.63, 3.8) is 0 Å². The van der Waals surface area contributed by atoms with Crippen LogP contribution in [0.2, 0.25) is 0 Å². The number of hydrogen-bond donors (Lipinski definition) is 0. The number of halogens is 3. The average molecular weight is 485 g/mol. The van der Waals surface area contributed by atoms with Gasteiger partial charge in [0.2, 0.25) is 0 Å². The summed E-state index contributed by atoms with van der Waals surface area (Å²) >= 11 is 0. The maximum Gasteiger partial charge on any atom is 0.417 e. The zero-order valence-corrected chi connectivity index (χ0v) is 19.9. The van der Waals surface area contributed by atoms with Gasteiger partial charge in [-0.05, 0) is 54.2 Å². The third kappa shape index (κ3) is 6.10. The van der Waals surface area contributed by atoms with E-state index in [4.69, 9.17) is 4.74 Å². The summed E-state index contributed by atoms with van der Waals surface area (Å²) in [5.74, 6) is -2.69. The number of esters is 1. The molecule has 0 unspecified atom stereocenters. The molecule has 7 heteroatoms. The molecule has 0 aliphatic rings. The number of ketones is 1. The van der Waals surface area contributed by atoms with Crippen LogP contribution in [0, 0.1) is 6.92 Å². The summed E-state index contributed by atoms with van der Waals surface area (Å²) in [6.07, 6.45) is -2.29. The van der Waals surface area contributed by atoms with Crippen LogP contribution in [0.25, 0.3) is 11.1 Å². The van der Waals surface area contributed by atoms with Crippen molar-refractivity contribution < 1.29 is 32.2 Å². The molecular formula is C28H27F3O4. The Labute approximate surface area is 202 Å². The van der Waals surface area contributed by atoms with Crippen molar-refractivity contribution in [3.05, 3.63) is 88.5 Å². The van der Waals surface area contributed by atoms with Crippen molar-refractivity contribution in [1.82, 2.24) is 0 Å². The molecule has 3 aromatic rings. The van der Waals surface area contributed by atoms with Crippen molar-refractivity contribution in [3.8, 4) is 16.9 Å². The van der Waals surface area contributed by atoms with E-state index in [-0.39, 0.29) is 17.9 Å². The number of Topliss-reactive ketones (excluding diaryl/α,β-unsaturated/α-hetero) is 1. The van der Waals surface area contributed by atoms with Gasteiger partial charge in [0.15, 0.2) is 0 Å². The first kappa shape index (κ1) is 26.0. The number of alkyl halides is 3. The highest BCUT2D eigenvalue weighted by molar-refractivity contribution is 6.42. The van der Waals surface area contributed by atoms with Gasteiger partial charge in [-0.25, -0.2) is 4.79 Å². The third-order valence-electron chi connectivity index (χ3n) is 5.75. The van der Waals surface area contributed by atoms with Crippen LogP contribution in [0.5, 0.6) is 5.75 Å². The predicted molar refractivity (Wildman–Crippen MR) is 127 cm³/mol. The van der Waals surface area contributed by atoms with Crippen molar-refractivity contribution in [2.75, 3.05) is 7.11 Å².